The summed E-state index contributed by atoms with van der Waals surface area (Å²) in [5, 5.41) is 12.2. The maximum Gasteiger partial charge on any atom is 0.223 e. The molecule has 2 rings (SSSR count). The lowest BCUT2D eigenvalue weighted by Crippen LogP contribution is -2.34. The second-order valence-electron chi connectivity index (χ2n) is 4.97. The number of aliphatic hydroxyl groups is 1. The van der Waals surface area contributed by atoms with E-state index >= 15 is 0 Å². The molecular formula is C16H21NO2. The van der Waals surface area contributed by atoms with Crippen LogP contribution < -0.4 is 5.32 Å². The van der Waals surface area contributed by atoms with Crippen LogP contribution in [0.2, 0.25) is 0 Å². The fraction of sp³-hybridized carbons (Fsp3) is 0.438. The summed E-state index contributed by atoms with van der Waals surface area (Å²) >= 11 is 0. The van der Waals surface area contributed by atoms with Gasteiger partial charge in [0.15, 0.2) is 0 Å². The summed E-state index contributed by atoms with van der Waals surface area (Å²) < 4.78 is 0. The standard InChI is InChI=1S/C16H21NO2/c18-12-11-15(13-7-3-1-4-8-13)17-16(19)14-9-5-2-6-10-14/h1-5,7-8,14-15,18H,6,9-12H2,(H,17,19). The third kappa shape index (κ3) is 3.93. The van der Waals surface area contributed by atoms with E-state index in [1.54, 1.807) is 0 Å². The fourth-order valence-electron chi connectivity index (χ4n) is 2.46. The van der Waals surface area contributed by atoms with Crippen LogP contribution in [0, 0.1) is 5.92 Å². The summed E-state index contributed by atoms with van der Waals surface area (Å²) in [6, 6.07) is 9.74. The van der Waals surface area contributed by atoms with Gasteiger partial charge in [0.25, 0.3) is 0 Å². The second-order valence-corrected chi connectivity index (χ2v) is 4.97. The lowest BCUT2D eigenvalue weighted by Gasteiger charge is -2.23. The lowest BCUT2D eigenvalue weighted by atomic mass is 9.93. The zero-order chi connectivity index (χ0) is 13.5. The topological polar surface area (TPSA) is 49.3 Å². The summed E-state index contributed by atoms with van der Waals surface area (Å²) in [5.41, 5.74) is 1.05. The van der Waals surface area contributed by atoms with Gasteiger partial charge in [0, 0.05) is 12.5 Å². The fourth-order valence-corrected chi connectivity index (χ4v) is 2.46. The minimum absolute atomic E-state index is 0.0738. The van der Waals surface area contributed by atoms with E-state index in [0.717, 1.165) is 24.8 Å². The molecule has 1 amide bonds. The predicted molar refractivity (Wildman–Crippen MR) is 75.5 cm³/mol. The molecule has 1 aliphatic rings. The summed E-state index contributed by atoms with van der Waals surface area (Å²) in [5.74, 6) is 0.182. The van der Waals surface area contributed by atoms with Gasteiger partial charge in [-0.3, -0.25) is 4.79 Å². The number of amides is 1. The van der Waals surface area contributed by atoms with Crippen molar-refractivity contribution in [3.05, 3.63) is 48.0 Å². The van der Waals surface area contributed by atoms with Crippen LogP contribution in [-0.4, -0.2) is 17.6 Å². The summed E-state index contributed by atoms with van der Waals surface area (Å²) in [4.78, 5) is 12.2. The number of aliphatic hydroxyl groups excluding tert-OH is 1. The minimum Gasteiger partial charge on any atom is -0.396 e. The summed E-state index contributed by atoms with van der Waals surface area (Å²) in [7, 11) is 0. The first kappa shape index (κ1) is 13.8. The average molecular weight is 259 g/mol. The van der Waals surface area contributed by atoms with Gasteiger partial charge in [-0.15, -0.1) is 0 Å². The molecule has 1 aromatic carbocycles. The largest absolute Gasteiger partial charge is 0.396 e. The van der Waals surface area contributed by atoms with Crippen LogP contribution in [0.4, 0.5) is 0 Å². The zero-order valence-electron chi connectivity index (χ0n) is 11.1. The molecule has 3 heteroatoms. The predicted octanol–water partition coefficient (Wildman–Crippen LogP) is 2.58. The van der Waals surface area contributed by atoms with Gasteiger partial charge in [-0.05, 0) is 31.2 Å². The molecule has 102 valence electrons. The van der Waals surface area contributed by atoms with Gasteiger partial charge in [0.05, 0.1) is 6.04 Å². The smallest absolute Gasteiger partial charge is 0.223 e. The first-order valence-electron chi connectivity index (χ1n) is 6.92. The van der Waals surface area contributed by atoms with E-state index in [2.05, 4.69) is 17.5 Å². The van der Waals surface area contributed by atoms with Crippen molar-refractivity contribution in [3.63, 3.8) is 0 Å². The van der Waals surface area contributed by atoms with Crippen LogP contribution in [0.25, 0.3) is 0 Å². The molecule has 0 radical (unpaired) electrons. The maximum absolute atomic E-state index is 12.2. The van der Waals surface area contributed by atoms with Crippen molar-refractivity contribution in [1.29, 1.82) is 0 Å². The quantitative estimate of drug-likeness (QED) is 0.798. The molecule has 0 saturated heterocycles. The molecule has 2 N–H and O–H groups in total. The third-order valence-electron chi connectivity index (χ3n) is 3.58. The Morgan fingerprint density at radius 2 is 2.11 bits per heavy atom. The number of hydrogen-bond donors (Lipinski definition) is 2. The number of carbonyl (C=O) groups excluding carboxylic acids is 1. The Morgan fingerprint density at radius 1 is 1.32 bits per heavy atom. The molecule has 0 heterocycles. The molecule has 0 fully saturated rings. The minimum atomic E-state index is -0.0930. The van der Waals surface area contributed by atoms with Gasteiger partial charge in [0.2, 0.25) is 5.91 Å². The molecule has 2 atom stereocenters. The van der Waals surface area contributed by atoms with Crippen LogP contribution in [0.15, 0.2) is 42.5 Å². The number of allylic oxidation sites excluding steroid dienone is 2. The normalized spacial score (nSPS) is 19.9. The van der Waals surface area contributed by atoms with Crippen LogP contribution in [0.3, 0.4) is 0 Å². The summed E-state index contributed by atoms with van der Waals surface area (Å²) in [6.45, 7) is 0.0738. The van der Waals surface area contributed by atoms with E-state index in [9.17, 15) is 4.79 Å². The van der Waals surface area contributed by atoms with E-state index in [0.29, 0.717) is 6.42 Å². The number of nitrogens with one attached hydrogen (secondary N) is 1. The van der Waals surface area contributed by atoms with E-state index in [1.807, 2.05) is 30.3 Å². The van der Waals surface area contributed by atoms with Crippen LogP contribution in [0.1, 0.15) is 37.3 Å². The van der Waals surface area contributed by atoms with Gasteiger partial charge < -0.3 is 10.4 Å². The number of hydrogen-bond acceptors (Lipinski definition) is 2. The molecule has 0 aromatic heterocycles. The van der Waals surface area contributed by atoms with Gasteiger partial charge in [0.1, 0.15) is 0 Å². The van der Waals surface area contributed by atoms with Gasteiger partial charge in [-0.2, -0.15) is 0 Å². The number of carbonyl (C=O) groups is 1. The molecule has 0 aliphatic heterocycles. The highest BCUT2D eigenvalue weighted by atomic mass is 16.3. The molecule has 1 aromatic rings. The Morgan fingerprint density at radius 3 is 2.74 bits per heavy atom. The molecule has 2 unspecified atom stereocenters. The Hall–Kier alpha value is -1.61. The highest BCUT2D eigenvalue weighted by Crippen LogP contribution is 2.21. The molecule has 0 saturated carbocycles. The molecule has 1 aliphatic carbocycles. The van der Waals surface area contributed by atoms with Crippen LogP contribution in [-0.2, 0) is 4.79 Å². The van der Waals surface area contributed by atoms with Gasteiger partial charge in [-0.25, -0.2) is 0 Å². The van der Waals surface area contributed by atoms with E-state index < -0.39 is 0 Å². The Kier molecular flexibility index (Phi) is 5.16. The zero-order valence-corrected chi connectivity index (χ0v) is 11.1. The van der Waals surface area contributed by atoms with Gasteiger partial charge in [-0.1, -0.05) is 42.5 Å². The van der Waals surface area contributed by atoms with Crippen molar-refractivity contribution < 1.29 is 9.90 Å². The molecule has 0 spiro atoms. The number of rotatable bonds is 5. The van der Waals surface area contributed by atoms with Gasteiger partial charge >= 0.3 is 0 Å². The molecule has 19 heavy (non-hydrogen) atoms. The Balaban J connectivity index is 2.00. The summed E-state index contributed by atoms with van der Waals surface area (Å²) in [6.07, 6.45) is 7.49. The van der Waals surface area contributed by atoms with E-state index in [1.165, 1.54) is 0 Å². The van der Waals surface area contributed by atoms with Crippen molar-refractivity contribution in [2.75, 3.05) is 6.61 Å². The molecule has 3 nitrogen and oxygen atoms in total. The van der Waals surface area contributed by atoms with Crippen LogP contribution >= 0.6 is 0 Å². The van der Waals surface area contributed by atoms with Crippen molar-refractivity contribution >= 4 is 5.91 Å². The molecular weight excluding hydrogens is 238 g/mol. The second kappa shape index (κ2) is 7.10. The van der Waals surface area contributed by atoms with Crippen LogP contribution in [0.5, 0.6) is 0 Å². The first-order valence-corrected chi connectivity index (χ1v) is 6.92. The van der Waals surface area contributed by atoms with Crippen molar-refractivity contribution in [2.24, 2.45) is 5.92 Å². The van der Waals surface area contributed by atoms with Crippen molar-refractivity contribution in [2.45, 2.75) is 31.7 Å². The third-order valence-corrected chi connectivity index (χ3v) is 3.58. The first-order chi connectivity index (χ1) is 9.31. The molecule has 0 bridgehead atoms. The SMILES string of the molecule is O=C(NC(CCO)c1ccccc1)C1CC=CCC1. The Bertz CT molecular complexity index is 428. The van der Waals surface area contributed by atoms with Crippen molar-refractivity contribution in [3.8, 4) is 0 Å². The monoisotopic (exact) mass is 259 g/mol. The van der Waals surface area contributed by atoms with E-state index in [4.69, 9.17) is 5.11 Å². The number of benzene rings is 1. The van der Waals surface area contributed by atoms with E-state index in [-0.39, 0.29) is 24.5 Å². The lowest BCUT2D eigenvalue weighted by molar-refractivity contribution is -0.126. The average Bonchev–Trinajstić information content (AvgIpc) is 2.48. The maximum atomic E-state index is 12.2. The highest BCUT2D eigenvalue weighted by molar-refractivity contribution is 5.79. The highest BCUT2D eigenvalue weighted by Gasteiger charge is 2.22. The van der Waals surface area contributed by atoms with Crippen molar-refractivity contribution in [1.82, 2.24) is 5.32 Å². The Labute approximate surface area is 114 Å².